The Balaban J connectivity index is 2.00. The summed E-state index contributed by atoms with van der Waals surface area (Å²) >= 11 is 0. The number of phenols is 1. The Hall–Kier alpha value is -3.10. The van der Waals surface area contributed by atoms with Gasteiger partial charge in [0.15, 0.2) is 0 Å². The zero-order valence-corrected chi connectivity index (χ0v) is 12.3. The summed E-state index contributed by atoms with van der Waals surface area (Å²) in [6.07, 6.45) is 0.581. The normalized spacial score (nSPS) is 12.3. The highest BCUT2D eigenvalue weighted by Crippen LogP contribution is 2.13. The van der Waals surface area contributed by atoms with Crippen molar-refractivity contribution < 1.29 is 15.0 Å². The second-order valence-corrected chi connectivity index (χ2v) is 4.90. The summed E-state index contributed by atoms with van der Waals surface area (Å²) in [7, 11) is 0. The Morgan fingerprint density at radius 3 is 2.43 bits per heavy atom. The lowest BCUT2D eigenvalue weighted by Gasteiger charge is -2.11. The average Bonchev–Trinajstić information content (AvgIpc) is 2.59. The van der Waals surface area contributed by atoms with Crippen LogP contribution in [0.4, 0.5) is 0 Å². The van der Waals surface area contributed by atoms with Crippen LogP contribution in [0.2, 0.25) is 0 Å². The van der Waals surface area contributed by atoms with Crippen LogP contribution in [-0.2, 0) is 4.79 Å². The first-order valence-electron chi connectivity index (χ1n) is 7.02. The number of amides is 1. The second-order valence-electron chi connectivity index (χ2n) is 4.90. The largest absolute Gasteiger partial charge is 0.508 e. The number of carbonyl (C=O) groups excluding carboxylic acids is 1. The molecule has 3 N–H and O–H groups in total. The van der Waals surface area contributed by atoms with E-state index < -0.39 is 12.0 Å². The van der Waals surface area contributed by atoms with Crippen LogP contribution in [0.25, 0.3) is 6.08 Å². The molecule has 2 rings (SSSR count). The Bertz CT molecular complexity index is 731. The van der Waals surface area contributed by atoms with Crippen molar-refractivity contribution in [1.29, 1.82) is 5.26 Å². The van der Waals surface area contributed by atoms with Crippen molar-refractivity contribution in [3.05, 3.63) is 71.3 Å². The van der Waals surface area contributed by atoms with Gasteiger partial charge in [0.25, 0.3) is 5.91 Å². The Morgan fingerprint density at radius 1 is 1.17 bits per heavy atom. The molecule has 0 saturated heterocycles. The predicted molar refractivity (Wildman–Crippen MR) is 86.1 cm³/mol. The maximum atomic E-state index is 12.0. The van der Waals surface area contributed by atoms with Gasteiger partial charge in [-0.2, -0.15) is 5.26 Å². The third-order valence-electron chi connectivity index (χ3n) is 3.21. The molecule has 0 radical (unpaired) electrons. The number of aromatic hydroxyl groups is 1. The van der Waals surface area contributed by atoms with Gasteiger partial charge in [-0.1, -0.05) is 42.5 Å². The summed E-state index contributed by atoms with van der Waals surface area (Å²) in [6.45, 7) is 0.0114. The summed E-state index contributed by atoms with van der Waals surface area (Å²) < 4.78 is 0. The lowest BCUT2D eigenvalue weighted by atomic mass is 10.1. The molecule has 1 atom stereocenters. The number of aliphatic hydroxyl groups excluding tert-OH is 1. The van der Waals surface area contributed by atoms with E-state index >= 15 is 0 Å². The van der Waals surface area contributed by atoms with E-state index in [1.54, 1.807) is 36.4 Å². The topological polar surface area (TPSA) is 93.3 Å². The van der Waals surface area contributed by atoms with E-state index in [2.05, 4.69) is 5.32 Å². The number of nitrogens with one attached hydrogen (secondary N) is 1. The van der Waals surface area contributed by atoms with Crippen molar-refractivity contribution >= 4 is 12.0 Å². The quantitative estimate of drug-likeness (QED) is 0.583. The molecule has 0 spiro atoms. The van der Waals surface area contributed by atoms with Gasteiger partial charge in [0.2, 0.25) is 0 Å². The summed E-state index contributed by atoms with van der Waals surface area (Å²) in [5.41, 5.74) is 1.24. The molecular formula is C18H16N2O3. The molecule has 0 saturated carbocycles. The molecular weight excluding hydrogens is 292 g/mol. The molecule has 2 aromatic carbocycles. The van der Waals surface area contributed by atoms with E-state index in [0.717, 1.165) is 0 Å². The number of hydrogen-bond donors (Lipinski definition) is 3. The molecule has 0 aliphatic heterocycles. The van der Waals surface area contributed by atoms with Crippen LogP contribution in [0, 0.1) is 11.3 Å². The number of aliphatic hydroxyl groups is 1. The Labute approximate surface area is 134 Å². The van der Waals surface area contributed by atoms with Crippen LogP contribution in [0.1, 0.15) is 17.2 Å². The van der Waals surface area contributed by atoms with Crippen LogP contribution in [0.3, 0.4) is 0 Å². The van der Waals surface area contributed by atoms with Gasteiger partial charge in [-0.3, -0.25) is 4.79 Å². The van der Waals surface area contributed by atoms with Crippen molar-refractivity contribution in [3.63, 3.8) is 0 Å². The molecule has 0 heterocycles. The minimum atomic E-state index is -0.839. The van der Waals surface area contributed by atoms with Gasteiger partial charge in [0.1, 0.15) is 17.4 Å². The highest BCUT2D eigenvalue weighted by molar-refractivity contribution is 6.01. The fraction of sp³-hybridized carbons (Fsp3) is 0.111. The molecule has 0 aliphatic carbocycles. The van der Waals surface area contributed by atoms with E-state index in [9.17, 15) is 15.0 Å². The van der Waals surface area contributed by atoms with Crippen molar-refractivity contribution in [1.82, 2.24) is 5.32 Å². The minimum Gasteiger partial charge on any atom is -0.508 e. The monoisotopic (exact) mass is 308 g/mol. The molecule has 23 heavy (non-hydrogen) atoms. The van der Waals surface area contributed by atoms with Crippen molar-refractivity contribution in [3.8, 4) is 11.8 Å². The van der Waals surface area contributed by atoms with Gasteiger partial charge in [0, 0.05) is 6.54 Å². The van der Waals surface area contributed by atoms with Gasteiger partial charge in [-0.25, -0.2) is 0 Å². The van der Waals surface area contributed by atoms with Gasteiger partial charge >= 0.3 is 0 Å². The van der Waals surface area contributed by atoms with Crippen molar-refractivity contribution in [2.75, 3.05) is 6.54 Å². The molecule has 0 aliphatic rings. The molecule has 0 bridgehead atoms. The molecule has 5 nitrogen and oxygen atoms in total. The molecule has 0 aromatic heterocycles. The van der Waals surface area contributed by atoms with Crippen LogP contribution in [0.15, 0.2) is 60.2 Å². The molecule has 0 fully saturated rings. The van der Waals surface area contributed by atoms with E-state index in [1.807, 2.05) is 12.1 Å². The number of rotatable bonds is 5. The zero-order chi connectivity index (χ0) is 16.7. The van der Waals surface area contributed by atoms with Gasteiger partial charge in [0.05, 0.1) is 6.10 Å². The lowest BCUT2D eigenvalue weighted by molar-refractivity contribution is -0.117. The van der Waals surface area contributed by atoms with Crippen LogP contribution < -0.4 is 5.32 Å². The maximum absolute atomic E-state index is 12.0. The first-order chi connectivity index (χ1) is 11.1. The van der Waals surface area contributed by atoms with Crippen molar-refractivity contribution in [2.45, 2.75) is 6.10 Å². The Morgan fingerprint density at radius 2 is 1.83 bits per heavy atom. The summed E-state index contributed by atoms with van der Waals surface area (Å²) in [6, 6.07) is 16.9. The summed E-state index contributed by atoms with van der Waals surface area (Å²) in [5.74, 6) is -0.452. The number of hydrogen-bond acceptors (Lipinski definition) is 4. The van der Waals surface area contributed by atoms with Crippen LogP contribution in [-0.4, -0.2) is 22.7 Å². The predicted octanol–water partition coefficient (Wildman–Crippen LogP) is 2.15. The van der Waals surface area contributed by atoms with E-state index in [4.69, 9.17) is 5.26 Å². The van der Waals surface area contributed by atoms with Crippen LogP contribution >= 0.6 is 0 Å². The molecule has 5 heteroatoms. The number of benzene rings is 2. The number of phenolic OH excluding ortho intramolecular Hbond substituents is 1. The van der Waals surface area contributed by atoms with Gasteiger partial charge < -0.3 is 15.5 Å². The van der Waals surface area contributed by atoms with Gasteiger partial charge in [-0.05, 0) is 29.3 Å². The number of carbonyl (C=O) groups is 1. The van der Waals surface area contributed by atoms with E-state index in [0.29, 0.717) is 11.1 Å². The van der Waals surface area contributed by atoms with Crippen LogP contribution in [0.5, 0.6) is 5.75 Å². The molecule has 116 valence electrons. The first-order valence-corrected chi connectivity index (χ1v) is 7.02. The number of nitrogens with zero attached hydrogens (tertiary/aromatic N) is 1. The molecule has 2 aromatic rings. The highest BCUT2D eigenvalue weighted by atomic mass is 16.3. The molecule has 1 amide bonds. The fourth-order valence-corrected chi connectivity index (χ4v) is 1.96. The zero-order valence-electron chi connectivity index (χ0n) is 12.3. The highest BCUT2D eigenvalue weighted by Gasteiger charge is 2.12. The minimum absolute atomic E-state index is 0.0114. The third-order valence-corrected chi connectivity index (χ3v) is 3.21. The fourth-order valence-electron chi connectivity index (χ4n) is 1.96. The number of nitriles is 1. The third kappa shape index (κ3) is 4.70. The van der Waals surface area contributed by atoms with Crippen molar-refractivity contribution in [2.24, 2.45) is 0 Å². The SMILES string of the molecule is N#C/C(=C\c1ccc(O)cc1)C(=O)NCC(O)c1ccccc1. The average molecular weight is 308 g/mol. The lowest BCUT2D eigenvalue weighted by Crippen LogP contribution is -2.29. The second kappa shape index (κ2) is 7.78. The standard InChI is InChI=1S/C18H16N2O3/c19-11-15(10-13-6-8-16(21)9-7-13)18(23)20-12-17(22)14-4-2-1-3-5-14/h1-10,17,21-22H,12H2,(H,20,23)/b15-10+. The summed E-state index contributed by atoms with van der Waals surface area (Å²) in [5, 5.41) is 30.9. The van der Waals surface area contributed by atoms with E-state index in [1.165, 1.54) is 18.2 Å². The maximum Gasteiger partial charge on any atom is 0.262 e. The smallest absolute Gasteiger partial charge is 0.262 e. The summed E-state index contributed by atoms with van der Waals surface area (Å²) in [4.78, 5) is 12.0. The van der Waals surface area contributed by atoms with E-state index in [-0.39, 0.29) is 17.9 Å². The molecule has 1 unspecified atom stereocenters. The Kier molecular flexibility index (Phi) is 5.50. The first kappa shape index (κ1) is 16.3. The van der Waals surface area contributed by atoms with Gasteiger partial charge in [-0.15, -0.1) is 0 Å².